The summed E-state index contributed by atoms with van der Waals surface area (Å²) < 4.78 is 51.1. The van der Waals surface area contributed by atoms with Crippen molar-refractivity contribution in [1.82, 2.24) is 0 Å². The van der Waals surface area contributed by atoms with Gasteiger partial charge in [-0.3, -0.25) is 0 Å². The molecule has 0 amide bonds. The van der Waals surface area contributed by atoms with Gasteiger partial charge < -0.3 is 99.2 Å². The van der Waals surface area contributed by atoms with E-state index in [0.717, 1.165) is 6.07 Å². The van der Waals surface area contributed by atoms with Crippen molar-refractivity contribution < 1.29 is 104 Å². The van der Waals surface area contributed by atoms with Gasteiger partial charge in [-0.25, -0.2) is 4.42 Å². The average Bonchev–Trinajstić information content (AvgIpc) is 3.18. The lowest BCUT2D eigenvalue weighted by Crippen LogP contribution is -2.64. The number of hydrogen-bond donors (Lipinski definition) is 12. The molecule has 4 heterocycles. The molecule has 0 bridgehead atoms. The maximum absolute atomic E-state index is 11.2. The van der Waals surface area contributed by atoms with Gasteiger partial charge in [0.1, 0.15) is 84.0 Å². The molecule has 3 saturated heterocycles. The Morgan fingerprint density at radius 2 is 1.14 bits per heavy atom. The maximum atomic E-state index is 11.2. The van der Waals surface area contributed by atoms with Gasteiger partial charge in [-0.05, 0) is 6.92 Å². The highest BCUT2D eigenvalue weighted by molar-refractivity contribution is 5.89. The number of rotatable bonds is 11. The normalized spacial score (nSPS) is 36.3. The van der Waals surface area contributed by atoms with Gasteiger partial charge in [-0.15, -0.1) is 0 Å². The molecule has 21 heteroatoms. The van der Waals surface area contributed by atoms with E-state index in [1.54, 1.807) is 0 Å². The van der Waals surface area contributed by atoms with Gasteiger partial charge in [0.25, 0.3) is 0 Å². The Kier molecular flexibility index (Phi) is 12.6. The number of fused-ring (bicyclic) bond motifs is 1. The molecule has 3 aliphatic rings. The molecule has 2 aromatic carbocycles. The number of aromatic hydroxyl groups is 2. The van der Waals surface area contributed by atoms with Crippen LogP contribution in [0.15, 0.2) is 34.7 Å². The number of ether oxygens (including phenoxy) is 8. The monoisotopic (exact) mass is 801 g/mol. The second kappa shape index (κ2) is 16.9. The van der Waals surface area contributed by atoms with Crippen molar-refractivity contribution in [3.05, 3.63) is 30.3 Å². The summed E-state index contributed by atoms with van der Waals surface area (Å²) in [5, 5.41) is 126. The summed E-state index contributed by atoms with van der Waals surface area (Å²) in [5.41, 5.74) is 0.0319. The lowest BCUT2D eigenvalue weighted by Gasteiger charge is -2.45. The van der Waals surface area contributed by atoms with Crippen LogP contribution in [-0.2, 0) is 18.9 Å². The molecule has 15 atom stereocenters. The molecule has 0 unspecified atom stereocenters. The molecule has 12 N–H and O–H groups in total. The first kappa shape index (κ1) is 41.7. The quantitative estimate of drug-likeness (QED) is 0.0861. The van der Waals surface area contributed by atoms with E-state index in [9.17, 15) is 61.3 Å². The van der Waals surface area contributed by atoms with E-state index >= 15 is 0 Å². The van der Waals surface area contributed by atoms with E-state index in [1.165, 1.54) is 45.4 Å². The van der Waals surface area contributed by atoms with Gasteiger partial charge in [0.2, 0.25) is 24.1 Å². The summed E-state index contributed by atoms with van der Waals surface area (Å²) in [4.78, 5) is 0. The van der Waals surface area contributed by atoms with Crippen molar-refractivity contribution >= 4 is 11.0 Å². The first-order chi connectivity index (χ1) is 26.6. The van der Waals surface area contributed by atoms with Crippen LogP contribution in [0.3, 0.4) is 0 Å². The van der Waals surface area contributed by atoms with Gasteiger partial charge in [-0.2, -0.15) is 0 Å². The smallest absolute Gasteiger partial charge is 0.402 e. The van der Waals surface area contributed by atoms with Crippen molar-refractivity contribution in [2.24, 2.45) is 0 Å². The maximum Gasteiger partial charge on any atom is 0.402 e. The van der Waals surface area contributed by atoms with Crippen molar-refractivity contribution in [3.63, 3.8) is 0 Å². The predicted molar refractivity (Wildman–Crippen MR) is 183 cm³/mol. The highest BCUT2D eigenvalue weighted by atomic mass is 16.7. The fourth-order valence-electron chi connectivity index (χ4n) is 6.60. The van der Waals surface area contributed by atoms with Gasteiger partial charge in [-0.1, -0.05) is 0 Å². The summed E-state index contributed by atoms with van der Waals surface area (Å²) in [6, 6.07) is 6.21. The molecule has 310 valence electrons. The summed E-state index contributed by atoms with van der Waals surface area (Å²) in [6.45, 7) is -0.189. The molecular weight excluding hydrogens is 756 g/mol. The molecule has 0 radical (unpaired) electrons. The van der Waals surface area contributed by atoms with Crippen LogP contribution in [0.5, 0.6) is 34.5 Å². The van der Waals surface area contributed by atoms with Gasteiger partial charge >= 0.3 is 11.3 Å². The molecule has 1 aromatic heterocycles. The highest BCUT2D eigenvalue weighted by Gasteiger charge is 2.51. The number of methoxy groups -OCH3 is 2. The summed E-state index contributed by atoms with van der Waals surface area (Å²) >= 11 is 0. The Bertz CT molecular complexity index is 1800. The molecule has 6 rings (SSSR count). The molecule has 56 heavy (non-hydrogen) atoms. The number of phenols is 2. The Morgan fingerprint density at radius 3 is 1.75 bits per heavy atom. The Hall–Kier alpha value is -3.91. The Morgan fingerprint density at radius 1 is 0.589 bits per heavy atom. The molecular formula is C35H45O21+. The van der Waals surface area contributed by atoms with Crippen molar-refractivity contribution in [2.45, 2.75) is 99.0 Å². The van der Waals surface area contributed by atoms with E-state index < -0.39 is 111 Å². The largest absolute Gasteiger partial charge is 0.507 e. The third kappa shape index (κ3) is 7.84. The fourth-order valence-corrected chi connectivity index (χ4v) is 6.60. The van der Waals surface area contributed by atoms with Crippen molar-refractivity contribution in [2.75, 3.05) is 27.4 Å². The zero-order valence-corrected chi connectivity index (χ0v) is 30.0. The summed E-state index contributed by atoms with van der Waals surface area (Å²) in [6.07, 6.45) is -24.7. The summed E-state index contributed by atoms with van der Waals surface area (Å²) in [7, 11) is 2.56. The summed E-state index contributed by atoms with van der Waals surface area (Å²) in [5.74, 6) is -1.61. The number of phenolic OH excluding ortho intramolecular Hbond substituents is 2. The van der Waals surface area contributed by atoms with Gasteiger partial charge in [0, 0.05) is 24.3 Å². The molecule has 3 aromatic rings. The lowest BCUT2D eigenvalue weighted by atomic mass is 9.97. The van der Waals surface area contributed by atoms with Crippen LogP contribution < -0.4 is 18.9 Å². The van der Waals surface area contributed by atoms with Gasteiger partial charge in [0.15, 0.2) is 17.8 Å². The second-order valence-corrected chi connectivity index (χ2v) is 13.4. The minimum absolute atomic E-state index is 0.00618. The highest BCUT2D eigenvalue weighted by Crippen LogP contribution is 2.46. The van der Waals surface area contributed by atoms with Crippen LogP contribution in [0, 0.1) is 0 Å². The van der Waals surface area contributed by atoms with E-state index in [1.807, 2.05) is 0 Å². The zero-order valence-electron chi connectivity index (χ0n) is 30.0. The van der Waals surface area contributed by atoms with Gasteiger partial charge in [0.05, 0.1) is 45.2 Å². The minimum atomic E-state index is -1.94. The van der Waals surface area contributed by atoms with E-state index in [0.29, 0.717) is 0 Å². The molecule has 0 aliphatic carbocycles. The number of aliphatic hydroxyl groups excluding tert-OH is 10. The van der Waals surface area contributed by atoms with Crippen LogP contribution in [0.4, 0.5) is 0 Å². The Labute approximate surface area is 317 Å². The third-order valence-electron chi connectivity index (χ3n) is 9.80. The SMILES string of the molecule is COc1cc(-c2[o+]c3cc(O)cc(O[C@@H]4O[C@H](CO)[C@@H](O[C@@H]5O[C@@H](C)[C@H](O)[C@@H](O)[C@H]5O)[C@H](O)[C@H]4O)c3cc2O[C@@H]2O[C@H](CO)[C@@H](O)[C@H](O)[C@H]2O)cc(OC)c1O. The number of hydrogen-bond acceptors (Lipinski definition) is 20. The van der Waals surface area contributed by atoms with E-state index in [2.05, 4.69) is 0 Å². The van der Waals surface area contributed by atoms with Crippen LogP contribution in [0.1, 0.15) is 6.92 Å². The number of aliphatic hydroxyl groups is 10. The number of benzene rings is 2. The predicted octanol–water partition coefficient (Wildman–Crippen LogP) is -2.98. The fraction of sp³-hybridized carbons (Fsp3) is 0.571. The molecule has 21 nitrogen and oxygen atoms in total. The van der Waals surface area contributed by atoms with Crippen molar-refractivity contribution in [1.29, 1.82) is 0 Å². The van der Waals surface area contributed by atoms with E-state index in [-0.39, 0.29) is 51.0 Å². The van der Waals surface area contributed by atoms with Crippen LogP contribution >= 0.6 is 0 Å². The van der Waals surface area contributed by atoms with Crippen LogP contribution in [0.2, 0.25) is 0 Å². The first-order valence-electron chi connectivity index (χ1n) is 17.3. The average molecular weight is 802 g/mol. The third-order valence-corrected chi connectivity index (χ3v) is 9.80. The topological polar surface area (TPSA) is 328 Å². The lowest BCUT2D eigenvalue weighted by molar-refractivity contribution is -0.349. The van der Waals surface area contributed by atoms with E-state index in [4.69, 9.17) is 42.3 Å². The standard InChI is InChI=1S/C35H44O21/c1-11-22(39)25(42)28(45)33(50-11)56-32-21(10-37)55-35(30(47)27(32)44)52-16-7-13(38)6-15-14(16)8-19(53-34-29(46)26(43)24(41)20(9-36)54-34)31(51-15)12-4-17(48-2)23(40)18(5-12)49-3/h4-8,11,20-22,24-30,32-37,39,41-47H,9-10H2,1-3H3,(H-,38,40)/p+1/t11-,20+,21+,22-,24+,25+,26-,27+,28+,29+,30+,32+,33-,34+,35+/m0/s1. The minimum Gasteiger partial charge on any atom is -0.507 e. The zero-order chi connectivity index (χ0) is 40.7. The molecule has 3 aliphatic heterocycles. The first-order valence-corrected chi connectivity index (χ1v) is 17.3. The molecule has 0 saturated carbocycles. The van der Waals surface area contributed by atoms with Crippen molar-refractivity contribution in [3.8, 4) is 45.8 Å². The Balaban J connectivity index is 1.37. The molecule has 3 fully saturated rings. The second-order valence-electron chi connectivity index (χ2n) is 13.4. The molecule has 0 spiro atoms. The van der Waals surface area contributed by atoms with Crippen LogP contribution in [0.25, 0.3) is 22.3 Å². The van der Waals surface area contributed by atoms with Crippen LogP contribution in [-0.4, -0.2) is 181 Å².